The first kappa shape index (κ1) is 27.2. The first-order valence-electron chi connectivity index (χ1n) is 8.96. The summed E-state index contributed by atoms with van der Waals surface area (Å²) in [7, 11) is 0. The summed E-state index contributed by atoms with van der Waals surface area (Å²) >= 11 is 6.80. The van der Waals surface area contributed by atoms with Crippen molar-refractivity contribution in [2.24, 2.45) is 0 Å². The Labute approximate surface area is 181 Å². The number of rotatable bonds is 0. The Bertz CT molecular complexity index is 150. The molecule has 0 radical (unpaired) electrons. The molecule has 24 heavy (non-hydrogen) atoms. The first-order valence-corrected chi connectivity index (χ1v) is 40.3. The number of halogens is 3. The summed E-state index contributed by atoms with van der Waals surface area (Å²) < 4.78 is 19.8. The molecule has 144 valence electrons. The molecule has 4 rings (SSSR count). The van der Waals surface area contributed by atoms with Crippen LogP contribution in [0.3, 0.4) is 0 Å². The molecule has 8 heteroatoms. The average molecular weight is 808 g/mol. The molecule has 4 nitrogen and oxygen atoms in total. The van der Waals surface area contributed by atoms with Crippen LogP contribution in [0.25, 0.3) is 0 Å². The number of ether oxygens (including phenoxy) is 4. The molecule has 0 N–H and O–H groups in total. The summed E-state index contributed by atoms with van der Waals surface area (Å²) in [5.74, 6) is 0. The van der Waals surface area contributed by atoms with E-state index in [1.165, 1.54) is 51.4 Å². The molecule has 0 unspecified atom stereocenters. The van der Waals surface area contributed by atoms with E-state index in [0.717, 1.165) is 52.9 Å². The molecule has 0 bridgehead atoms. The van der Waals surface area contributed by atoms with Crippen molar-refractivity contribution in [3.05, 3.63) is 0 Å². The quantitative estimate of drug-likeness (QED) is 0.289. The van der Waals surface area contributed by atoms with E-state index in [2.05, 4.69) is 46.7 Å². The van der Waals surface area contributed by atoms with Crippen LogP contribution < -0.4 is 0 Å². The maximum atomic E-state index is 4.94. The second-order valence-corrected chi connectivity index (χ2v) is 86.3. The summed E-state index contributed by atoms with van der Waals surface area (Å²) in [6, 6.07) is 0. The monoisotopic (exact) mass is 808 g/mol. The summed E-state index contributed by atoms with van der Waals surface area (Å²) in [6.07, 6.45) is 10.2. The molecule has 0 aliphatic carbocycles. The van der Waals surface area contributed by atoms with E-state index in [9.17, 15) is 0 Å². The van der Waals surface area contributed by atoms with Crippen molar-refractivity contribution in [2.45, 2.75) is 51.4 Å². The van der Waals surface area contributed by atoms with E-state index >= 15 is 0 Å². The van der Waals surface area contributed by atoms with Gasteiger partial charge in [-0.25, -0.2) is 0 Å². The summed E-state index contributed by atoms with van der Waals surface area (Å²) in [6.45, 7) is 8.00. The molecule has 4 aliphatic rings. The normalized spacial score (nSPS) is 21.1. The SMILES string of the molecule is C1CCOC1.C1CCOC1.C1CCOC1.C1CCOC1.[I][La]([I])[I]. The molecule has 0 saturated carbocycles. The Morgan fingerprint density at radius 3 is 0.542 bits per heavy atom. The van der Waals surface area contributed by atoms with E-state index in [-0.39, 0.29) is 0 Å². The van der Waals surface area contributed by atoms with E-state index in [0.29, 0.717) is 0 Å². The van der Waals surface area contributed by atoms with Gasteiger partial charge in [-0.15, -0.1) is 0 Å². The van der Waals surface area contributed by atoms with Gasteiger partial charge < -0.3 is 18.9 Å². The van der Waals surface area contributed by atoms with Crippen LogP contribution in [-0.4, -0.2) is 52.9 Å². The van der Waals surface area contributed by atoms with Crippen molar-refractivity contribution in [1.29, 1.82) is 0 Å². The molecule has 0 atom stereocenters. The summed E-state index contributed by atoms with van der Waals surface area (Å²) in [5, 5.41) is 0. The molecular formula is C16H32I3LaO4. The number of hydrogen-bond acceptors (Lipinski definition) is 4. The number of hydrogen-bond donors (Lipinski definition) is 0. The molecule has 0 aromatic carbocycles. The molecule has 0 aromatic heterocycles. The zero-order chi connectivity index (χ0) is 17.7. The van der Waals surface area contributed by atoms with E-state index in [1.54, 1.807) is 0 Å². The molecule has 4 aliphatic heterocycles. The molecule has 4 saturated heterocycles. The zero-order valence-electron chi connectivity index (χ0n) is 14.7. The van der Waals surface area contributed by atoms with Crippen LogP contribution in [0.5, 0.6) is 0 Å². The van der Waals surface area contributed by atoms with Gasteiger partial charge in [-0.3, -0.25) is 0 Å². The fourth-order valence-electron chi connectivity index (χ4n) is 2.04. The first-order chi connectivity index (χ1) is 11.7. The molecule has 4 heterocycles. The third-order valence-electron chi connectivity index (χ3n) is 3.31. The van der Waals surface area contributed by atoms with Crippen LogP contribution in [-0.2, 0) is 18.9 Å². The summed E-state index contributed by atoms with van der Waals surface area (Å²) in [5.41, 5.74) is 0. The molecular weight excluding hydrogens is 776 g/mol. The molecule has 0 aromatic rings. The Morgan fingerprint density at radius 2 is 0.500 bits per heavy atom. The van der Waals surface area contributed by atoms with Crippen molar-refractivity contribution in [3.63, 3.8) is 0 Å². The Hall–Kier alpha value is 3.22. The van der Waals surface area contributed by atoms with Gasteiger partial charge in [-0.05, 0) is 51.4 Å². The predicted octanol–water partition coefficient (Wildman–Crippen LogP) is 5.84. The Morgan fingerprint density at radius 1 is 0.375 bits per heavy atom. The van der Waals surface area contributed by atoms with Gasteiger partial charge in [0.15, 0.2) is 0 Å². The van der Waals surface area contributed by atoms with Gasteiger partial charge in [0.2, 0.25) is 0 Å². The fourth-order valence-corrected chi connectivity index (χ4v) is 2.04. The van der Waals surface area contributed by atoms with Gasteiger partial charge in [0.1, 0.15) is 0 Å². The molecule has 4 fully saturated rings. The zero-order valence-corrected chi connectivity index (χ0v) is 24.8. The maximum absolute atomic E-state index is 4.94. The van der Waals surface area contributed by atoms with E-state index in [1.807, 2.05) is 0 Å². The minimum atomic E-state index is -0.812. The van der Waals surface area contributed by atoms with Crippen LogP contribution >= 0.6 is 46.7 Å². The third kappa shape index (κ3) is 27.4. The Kier molecular flexibility index (Phi) is 27.5. The Balaban J connectivity index is 0.000000277. The minimum absolute atomic E-state index is 0.812. The van der Waals surface area contributed by atoms with Crippen LogP contribution in [0.15, 0.2) is 0 Å². The van der Waals surface area contributed by atoms with Gasteiger partial charge in [0, 0.05) is 52.9 Å². The fraction of sp³-hybridized carbons (Fsp3) is 1.00. The van der Waals surface area contributed by atoms with Crippen molar-refractivity contribution in [2.75, 3.05) is 52.9 Å². The van der Waals surface area contributed by atoms with Crippen molar-refractivity contribution >= 4 is 46.7 Å². The van der Waals surface area contributed by atoms with Crippen LogP contribution in [0, 0.1) is 14.9 Å². The van der Waals surface area contributed by atoms with Gasteiger partial charge in [0.05, 0.1) is 0 Å². The second-order valence-electron chi connectivity index (χ2n) is 5.53. The van der Waals surface area contributed by atoms with E-state index in [4.69, 9.17) is 18.9 Å². The van der Waals surface area contributed by atoms with Crippen LogP contribution in [0.1, 0.15) is 51.4 Å². The van der Waals surface area contributed by atoms with Gasteiger partial charge in [-0.2, -0.15) is 0 Å². The standard InChI is InChI=1S/4C4H8O.3HI.La/c4*1-2-4-5-3-1;;;;/h4*1-4H2;3*1H;/q;;;;;;;+3/p-3. The molecule has 0 spiro atoms. The van der Waals surface area contributed by atoms with Gasteiger partial charge in [0.25, 0.3) is 0 Å². The van der Waals surface area contributed by atoms with Crippen molar-refractivity contribution in [3.8, 4) is 0 Å². The van der Waals surface area contributed by atoms with Gasteiger partial charge >= 0.3 is 61.6 Å². The van der Waals surface area contributed by atoms with Crippen LogP contribution in [0.4, 0.5) is 0 Å². The average Bonchev–Trinajstić information content (AvgIpc) is 3.46. The van der Waals surface area contributed by atoms with Gasteiger partial charge in [-0.1, -0.05) is 0 Å². The summed E-state index contributed by atoms with van der Waals surface area (Å²) in [4.78, 5) is 0. The molecule has 0 amide bonds. The van der Waals surface area contributed by atoms with E-state index < -0.39 is 14.9 Å². The van der Waals surface area contributed by atoms with Crippen molar-refractivity contribution in [1.82, 2.24) is 0 Å². The predicted molar refractivity (Wildman–Crippen MR) is 122 cm³/mol. The third-order valence-corrected chi connectivity index (χ3v) is 3.31. The van der Waals surface area contributed by atoms with Crippen molar-refractivity contribution < 1.29 is 33.9 Å². The second kappa shape index (κ2) is 24.3. The topological polar surface area (TPSA) is 36.9 Å². The van der Waals surface area contributed by atoms with Crippen LogP contribution in [0.2, 0.25) is 0 Å².